The second-order valence-electron chi connectivity index (χ2n) is 4.11. The lowest BCUT2D eigenvalue weighted by Gasteiger charge is -2.02. The molecule has 0 fully saturated rings. The van der Waals surface area contributed by atoms with E-state index in [1.165, 1.54) is 12.1 Å². The Morgan fingerprint density at radius 3 is 2.76 bits per heavy atom. The molecule has 1 N–H and O–H groups in total. The van der Waals surface area contributed by atoms with E-state index in [0.717, 1.165) is 0 Å². The zero-order valence-corrected chi connectivity index (χ0v) is 12.4. The lowest BCUT2D eigenvalue weighted by Crippen LogP contribution is -2.13. The molecule has 0 aliphatic rings. The zero-order valence-electron chi connectivity index (χ0n) is 10.9. The van der Waals surface area contributed by atoms with Gasteiger partial charge in [0, 0.05) is 16.1 Å². The molecule has 5 nitrogen and oxygen atoms in total. The number of halogens is 2. The molecule has 0 aliphatic heterocycles. The molecule has 0 bridgehead atoms. The highest BCUT2D eigenvalue weighted by molar-refractivity contribution is 6.35. The predicted octanol–water partition coefficient (Wildman–Crippen LogP) is 3.84. The third kappa shape index (κ3) is 3.85. The third-order valence-corrected chi connectivity index (χ3v) is 3.06. The molecule has 0 saturated carbocycles. The average Bonchev–Trinajstić information content (AvgIpc) is 2.83. The van der Waals surface area contributed by atoms with E-state index in [9.17, 15) is 4.79 Å². The van der Waals surface area contributed by atoms with Crippen LogP contribution in [0.4, 0.5) is 5.82 Å². The molecule has 0 unspecified atom stereocenters. The topological polar surface area (TPSA) is 78.9 Å². The Morgan fingerprint density at radius 1 is 1.43 bits per heavy atom. The Kier molecular flexibility index (Phi) is 4.63. The van der Waals surface area contributed by atoms with Crippen LogP contribution < -0.4 is 5.32 Å². The quantitative estimate of drug-likeness (QED) is 0.688. The van der Waals surface area contributed by atoms with Crippen molar-refractivity contribution in [2.45, 2.75) is 6.92 Å². The summed E-state index contributed by atoms with van der Waals surface area (Å²) in [4.78, 5) is 12.0. The molecule has 7 heteroatoms. The van der Waals surface area contributed by atoms with E-state index in [0.29, 0.717) is 21.4 Å². The number of rotatable bonds is 3. The fraction of sp³-hybridized carbons (Fsp3) is 0.0714. The number of hydrogen-bond acceptors (Lipinski definition) is 4. The number of carbonyl (C=O) groups is 1. The molecule has 0 spiro atoms. The van der Waals surface area contributed by atoms with Gasteiger partial charge in [0.05, 0.1) is 0 Å². The molecule has 0 saturated heterocycles. The van der Waals surface area contributed by atoms with Crippen LogP contribution in [0.25, 0.3) is 6.08 Å². The number of nitrogens with zero attached hydrogens (tertiary/aromatic N) is 2. The van der Waals surface area contributed by atoms with Gasteiger partial charge in [-0.15, -0.1) is 0 Å². The Labute approximate surface area is 130 Å². The Bertz CT molecular complexity index is 760. The largest absolute Gasteiger partial charge is 0.360 e. The summed E-state index contributed by atoms with van der Waals surface area (Å²) < 4.78 is 4.83. The van der Waals surface area contributed by atoms with Crippen molar-refractivity contribution in [3.8, 4) is 6.07 Å². The molecule has 1 aromatic heterocycles. The zero-order chi connectivity index (χ0) is 15.4. The van der Waals surface area contributed by atoms with Crippen LogP contribution in [0, 0.1) is 18.3 Å². The Morgan fingerprint density at radius 2 is 2.19 bits per heavy atom. The molecule has 21 heavy (non-hydrogen) atoms. The van der Waals surface area contributed by atoms with Gasteiger partial charge in [0.25, 0.3) is 5.91 Å². The maximum absolute atomic E-state index is 12.0. The summed E-state index contributed by atoms with van der Waals surface area (Å²) in [5.41, 5.74) is 0.406. The molecule has 2 rings (SSSR count). The van der Waals surface area contributed by atoms with Crippen LogP contribution >= 0.6 is 23.2 Å². The fourth-order valence-corrected chi connectivity index (χ4v) is 1.99. The van der Waals surface area contributed by atoms with Crippen LogP contribution in [-0.4, -0.2) is 11.1 Å². The monoisotopic (exact) mass is 321 g/mol. The van der Waals surface area contributed by atoms with Gasteiger partial charge >= 0.3 is 0 Å². The van der Waals surface area contributed by atoms with Gasteiger partial charge in [0.15, 0.2) is 5.82 Å². The molecule has 1 amide bonds. The van der Waals surface area contributed by atoms with Crippen LogP contribution in [-0.2, 0) is 4.79 Å². The molecule has 106 valence electrons. The van der Waals surface area contributed by atoms with Gasteiger partial charge in [-0.3, -0.25) is 4.79 Å². The van der Waals surface area contributed by atoms with Crippen molar-refractivity contribution in [2.75, 3.05) is 5.32 Å². The summed E-state index contributed by atoms with van der Waals surface area (Å²) in [7, 11) is 0. The highest BCUT2D eigenvalue weighted by Gasteiger charge is 2.12. The lowest BCUT2D eigenvalue weighted by atomic mass is 10.1. The van der Waals surface area contributed by atoms with E-state index in [4.69, 9.17) is 33.0 Å². The van der Waals surface area contributed by atoms with Gasteiger partial charge in [-0.25, -0.2) is 0 Å². The molecule has 1 aromatic carbocycles. The molecule has 2 aromatic rings. The van der Waals surface area contributed by atoms with E-state index in [1.54, 1.807) is 25.1 Å². The van der Waals surface area contributed by atoms with Crippen molar-refractivity contribution < 1.29 is 9.32 Å². The molecule has 0 radical (unpaired) electrons. The number of anilines is 1. The van der Waals surface area contributed by atoms with Crippen molar-refractivity contribution in [1.29, 1.82) is 5.26 Å². The van der Waals surface area contributed by atoms with E-state index in [-0.39, 0.29) is 11.4 Å². The van der Waals surface area contributed by atoms with Crippen LogP contribution in [0.5, 0.6) is 0 Å². The highest BCUT2D eigenvalue weighted by Crippen LogP contribution is 2.23. The Hall–Kier alpha value is -2.29. The van der Waals surface area contributed by atoms with Gasteiger partial charge in [-0.2, -0.15) is 5.26 Å². The number of benzene rings is 1. The minimum absolute atomic E-state index is 0.111. The van der Waals surface area contributed by atoms with Crippen LogP contribution in [0.15, 0.2) is 34.4 Å². The maximum Gasteiger partial charge on any atom is 0.267 e. The fourth-order valence-electron chi connectivity index (χ4n) is 1.53. The summed E-state index contributed by atoms with van der Waals surface area (Å²) >= 11 is 11.8. The summed E-state index contributed by atoms with van der Waals surface area (Å²) in [5.74, 6) is 0.186. The summed E-state index contributed by atoms with van der Waals surface area (Å²) in [6.07, 6.45) is 1.38. The molecular weight excluding hydrogens is 313 g/mol. The second kappa shape index (κ2) is 6.44. The maximum atomic E-state index is 12.0. The van der Waals surface area contributed by atoms with Crippen LogP contribution in [0.1, 0.15) is 11.3 Å². The Balaban J connectivity index is 2.24. The van der Waals surface area contributed by atoms with E-state index in [2.05, 4.69) is 10.5 Å². The van der Waals surface area contributed by atoms with Crippen molar-refractivity contribution in [2.24, 2.45) is 0 Å². The number of aromatic nitrogens is 1. The SMILES string of the molecule is Cc1cc(NC(=O)C(C#N)=Cc2ccc(Cl)cc2Cl)no1. The summed E-state index contributed by atoms with van der Waals surface area (Å²) in [5, 5.41) is 16.0. The first kappa shape index (κ1) is 15.1. The molecule has 0 atom stereocenters. The normalized spacial score (nSPS) is 11.0. The van der Waals surface area contributed by atoms with Crippen LogP contribution in [0.2, 0.25) is 10.0 Å². The number of carbonyl (C=O) groups excluding carboxylic acids is 1. The number of nitrogens with one attached hydrogen (secondary N) is 1. The molecule has 0 aliphatic carbocycles. The number of nitriles is 1. The van der Waals surface area contributed by atoms with Crippen LogP contribution in [0.3, 0.4) is 0 Å². The number of aryl methyl sites for hydroxylation is 1. The van der Waals surface area contributed by atoms with Gasteiger partial charge in [0.1, 0.15) is 17.4 Å². The van der Waals surface area contributed by atoms with E-state index >= 15 is 0 Å². The average molecular weight is 322 g/mol. The smallest absolute Gasteiger partial charge is 0.267 e. The van der Waals surface area contributed by atoms with E-state index < -0.39 is 5.91 Å². The van der Waals surface area contributed by atoms with E-state index in [1.807, 2.05) is 6.07 Å². The second-order valence-corrected chi connectivity index (χ2v) is 4.96. The first-order valence-corrected chi connectivity index (χ1v) is 6.56. The summed E-state index contributed by atoms with van der Waals surface area (Å²) in [6, 6.07) is 8.13. The first-order valence-electron chi connectivity index (χ1n) is 5.81. The number of amides is 1. The molecular formula is C14H9Cl2N3O2. The van der Waals surface area contributed by atoms with Gasteiger partial charge in [0.2, 0.25) is 0 Å². The minimum atomic E-state index is -0.600. The predicted molar refractivity (Wildman–Crippen MR) is 79.9 cm³/mol. The molecule has 1 heterocycles. The minimum Gasteiger partial charge on any atom is -0.360 e. The third-order valence-electron chi connectivity index (χ3n) is 2.50. The first-order chi connectivity index (χ1) is 9.99. The van der Waals surface area contributed by atoms with Crippen molar-refractivity contribution in [3.05, 3.63) is 51.2 Å². The highest BCUT2D eigenvalue weighted by atomic mass is 35.5. The van der Waals surface area contributed by atoms with Gasteiger partial charge in [-0.05, 0) is 30.7 Å². The summed E-state index contributed by atoms with van der Waals surface area (Å²) in [6.45, 7) is 1.69. The van der Waals surface area contributed by atoms with Crippen molar-refractivity contribution >= 4 is 41.0 Å². The van der Waals surface area contributed by atoms with Gasteiger partial charge < -0.3 is 9.84 Å². The standard InChI is InChI=1S/C14H9Cl2N3O2/c1-8-4-13(19-21-8)18-14(20)10(7-17)5-9-2-3-11(15)6-12(9)16/h2-6H,1H3,(H,18,19,20). The lowest BCUT2D eigenvalue weighted by molar-refractivity contribution is -0.112. The van der Waals surface area contributed by atoms with Gasteiger partial charge in [-0.1, -0.05) is 34.4 Å². The number of hydrogen-bond donors (Lipinski definition) is 1. The van der Waals surface area contributed by atoms with Crippen molar-refractivity contribution in [1.82, 2.24) is 5.16 Å². The van der Waals surface area contributed by atoms with Crippen molar-refractivity contribution in [3.63, 3.8) is 0 Å².